The number of aryl methyl sites for hydroxylation is 2. The first kappa shape index (κ1) is 24.9. The van der Waals surface area contributed by atoms with Gasteiger partial charge in [-0.1, -0.05) is 6.07 Å². The Bertz CT molecular complexity index is 1350. The summed E-state index contributed by atoms with van der Waals surface area (Å²) in [6.07, 6.45) is 2.33. The van der Waals surface area contributed by atoms with Gasteiger partial charge >= 0.3 is 201 Å². The molecule has 180 valence electrons. The van der Waals surface area contributed by atoms with Gasteiger partial charge in [-0.05, 0) is 0 Å². The minimum absolute atomic E-state index is 0.0347. The van der Waals surface area contributed by atoms with Crippen LogP contribution in [0, 0.1) is 6.92 Å². The van der Waals surface area contributed by atoms with Gasteiger partial charge in [0.15, 0.2) is 0 Å². The molecule has 4 rings (SSSR count). The summed E-state index contributed by atoms with van der Waals surface area (Å²) in [7, 11) is 3.42. The van der Waals surface area contributed by atoms with Crippen molar-refractivity contribution >= 4 is 24.6 Å². The molecule has 0 saturated heterocycles. The van der Waals surface area contributed by atoms with Gasteiger partial charge in [0.1, 0.15) is 0 Å². The molecule has 0 bridgehead atoms. The molecule has 0 aliphatic rings. The van der Waals surface area contributed by atoms with E-state index in [-0.39, 0.29) is 11.9 Å². The van der Waals surface area contributed by atoms with E-state index in [1.807, 2.05) is 49.4 Å². The van der Waals surface area contributed by atoms with Gasteiger partial charge in [0.05, 0.1) is 0 Å². The molecule has 0 fully saturated rings. The molecule has 4 aromatic rings. The summed E-state index contributed by atoms with van der Waals surface area (Å²) >= 11 is 1.48. The zero-order chi connectivity index (χ0) is 24.8. The van der Waals surface area contributed by atoms with Crippen molar-refractivity contribution in [1.82, 2.24) is 19.4 Å². The summed E-state index contributed by atoms with van der Waals surface area (Å²) in [5, 5.41) is 29.0. The Balaban J connectivity index is 1.74. The van der Waals surface area contributed by atoms with E-state index < -0.39 is 12.7 Å². The fourth-order valence-electron chi connectivity index (χ4n) is 3.38. The van der Waals surface area contributed by atoms with E-state index in [4.69, 9.17) is 4.74 Å². The second-order valence-corrected chi connectivity index (χ2v) is 9.11. The van der Waals surface area contributed by atoms with E-state index in [2.05, 4.69) is 19.9 Å². The molecule has 9 nitrogen and oxygen atoms in total. The third-order valence-corrected chi connectivity index (χ3v) is 6.47. The van der Waals surface area contributed by atoms with Crippen LogP contribution in [0.1, 0.15) is 28.2 Å². The minimum atomic E-state index is -1.04. The molecular weight excluding hydrogens is 465 g/mol. The summed E-state index contributed by atoms with van der Waals surface area (Å²) < 4.78 is 7.87. The molecule has 1 aromatic carbocycles. The van der Waals surface area contributed by atoms with Crippen LogP contribution in [0.4, 0.5) is 5.82 Å². The average Bonchev–Trinajstić information content (AvgIpc) is 3.25. The van der Waals surface area contributed by atoms with Gasteiger partial charge in [-0.3, -0.25) is 0 Å². The number of H-pyrrole nitrogens is 1. The van der Waals surface area contributed by atoms with Crippen molar-refractivity contribution in [3.63, 3.8) is 0 Å². The topological polar surface area (TPSA) is 129 Å². The number of nitrogens with zero attached hydrogens (tertiary/aromatic N) is 4. The summed E-state index contributed by atoms with van der Waals surface area (Å²) in [6, 6.07) is 15.2. The number of aliphatic hydroxyl groups is 3. The number of aliphatic hydroxyl groups excluding tert-OH is 3. The standard InChI is InChI=1S/C24H26BN5O4S/c1-15-19(9-6-10-26-15)34-20-11-17(35-21(14-32)16-7-4-3-5-8-16)12-27-23(20)29-24-28-22(18(33)13-31)25-30(24)2/h3-12,18,21,31-33H,13-14H2,1-2H3,(H,27,28,29). The molecule has 2 unspecified atom stereocenters. The van der Waals surface area contributed by atoms with E-state index in [1.165, 1.54) is 11.8 Å². The molecule has 0 aliphatic carbocycles. The average molecular weight is 491 g/mol. The molecule has 3 aromatic heterocycles. The monoisotopic (exact) mass is 491 g/mol. The predicted molar refractivity (Wildman–Crippen MR) is 134 cm³/mol. The van der Waals surface area contributed by atoms with E-state index in [1.54, 1.807) is 37.0 Å². The van der Waals surface area contributed by atoms with Gasteiger partial charge < -0.3 is 0 Å². The van der Waals surface area contributed by atoms with Gasteiger partial charge in [-0.2, -0.15) is 0 Å². The van der Waals surface area contributed by atoms with Crippen LogP contribution in [0.5, 0.6) is 11.5 Å². The molecule has 0 saturated carbocycles. The zero-order valence-electron chi connectivity index (χ0n) is 19.4. The van der Waals surface area contributed by atoms with Crippen molar-refractivity contribution in [2.45, 2.75) is 23.2 Å². The second kappa shape index (κ2) is 11.5. The van der Waals surface area contributed by atoms with Crippen LogP contribution < -0.4 is 10.4 Å². The molecule has 35 heavy (non-hydrogen) atoms. The predicted octanol–water partition coefficient (Wildman–Crippen LogP) is 2.67. The number of hydrogen-bond donors (Lipinski definition) is 4. The maximum atomic E-state index is 9.98. The molecule has 0 amide bonds. The molecule has 4 N–H and O–H groups in total. The Hall–Kier alpha value is -3.25. The van der Waals surface area contributed by atoms with Crippen LogP contribution in [-0.2, 0) is 7.05 Å². The Kier molecular flexibility index (Phi) is 8.14. The number of nitrogens with one attached hydrogen (secondary N) is 1. The van der Waals surface area contributed by atoms with Crippen molar-refractivity contribution in [2.75, 3.05) is 13.2 Å². The molecule has 0 spiro atoms. The summed E-state index contributed by atoms with van der Waals surface area (Å²) in [6.45, 7) is 1.40. The first-order valence-electron chi connectivity index (χ1n) is 11.0. The first-order valence-corrected chi connectivity index (χ1v) is 11.9. The van der Waals surface area contributed by atoms with Gasteiger partial charge in [-0.25, -0.2) is 0 Å². The third-order valence-electron chi connectivity index (χ3n) is 5.27. The van der Waals surface area contributed by atoms with Crippen molar-refractivity contribution in [3.05, 3.63) is 83.4 Å². The van der Waals surface area contributed by atoms with Gasteiger partial charge in [0.25, 0.3) is 0 Å². The van der Waals surface area contributed by atoms with E-state index in [0.717, 1.165) is 10.5 Å². The van der Waals surface area contributed by atoms with Crippen molar-refractivity contribution in [1.29, 1.82) is 0 Å². The van der Waals surface area contributed by atoms with Crippen LogP contribution in [-0.4, -0.2) is 55.0 Å². The number of thioether (sulfide) groups is 1. The maximum absolute atomic E-state index is 9.98. The quantitative estimate of drug-likeness (QED) is 0.265. The van der Waals surface area contributed by atoms with Gasteiger partial charge in [-0.15, -0.1) is 0 Å². The molecule has 0 radical (unpaired) electrons. The Labute approximate surface area is 207 Å². The number of hydrogen-bond acceptors (Lipinski definition) is 8. The first-order chi connectivity index (χ1) is 17.0. The van der Waals surface area contributed by atoms with Crippen LogP contribution in [0.2, 0.25) is 0 Å². The number of pyridine rings is 2. The molecule has 2 atom stereocenters. The summed E-state index contributed by atoms with van der Waals surface area (Å²) in [4.78, 5) is 17.2. The van der Waals surface area contributed by atoms with Crippen LogP contribution >= 0.6 is 11.8 Å². The normalized spacial score (nSPS) is 13.5. The Morgan fingerprint density at radius 1 is 1.11 bits per heavy atom. The van der Waals surface area contributed by atoms with Crippen LogP contribution in [0.3, 0.4) is 0 Å². The Morgan fingerprint density at radius 2 is 1.91 bits per heavy atom. The Morgan fingerprint density at radius 3 is 2.63 bits per heavy atom. The van der Waals surface area contributed by atoms with E-state index in [0.29, 0.717) is 34.2 Å². The van der Waals surface area contributed by atoms with Crippen molar-refractivity contribution in [3.8, 4) is 11.5 Å². The summed E-state index contributed by atoms with van der Waals surface area (Å²) in [5.41, 5.74) is 2.58. The van der Waals surface area contributed by atoms with E-state index >= 15 is 0 Å². The van der Waals surface area contributed by atoms with Crippen LogP contribution in [0.25, 0.3) is 0 Å². The zero-order valence-corrected chi connectivity index (χ0v) is 20.2. The van der Waals surface area contributed by atoms with Gasteiger partial charge in [0.2, 0.25) is 0 Å². The van der Waals surface area contributed by atoms with E-state index in [9.17, 15) is 15.3 Å². The number of benzene rings is 1. The van der Waals surface area contributed by atoms with Crippen molar-refractivity contribution in [2.24, 2.45) is 12.0 Å². The number of ether oxygens (including phenoxy) is 1. The number of rotatable bonds is 9. The second-order valence-electron chi connectivity index (χ2n) is 7.84. The molecule has 0 aliphatic heterocycles. The molecule has 11 heteroatoms. The third kappa shape index (κ3) is 6.06. The number of aromatic nitrogens is 4. The fourth-order valence-corrected chi connectivity index (χ4v) is 4.36. The van der Waals surface area contributed by atoms with Crippen LogP contribution in [0.15, 0.2) is 70.8 Å². The number of aromatic amines is 1. The van der Waals surface area contributed by atoms with Gasteiger partial charge in [0, 0.05) is 0 Å². The SMILES string of the molecule is Cc1ncccc1Oc1cc(SC(CO)c2ccccc2)cnc1/N=c1/[nH]c(C(O)CO)bn1C. The molecular formula is C24H26BN5O4S. The van der Waals surface area contributed by atoms with Crippen molar-refractivity contribution < 1.29 is 20.1 Å². The molecule has 3 heterocycles. The fraction of sp³-hybridized carbons (Fsp3) is 0.250. The summed E-state index contributed by atoms with van der Waals surface area (Å²) in [5.74, 6) is 1.30.